The first kappa shape index (κ1) is 11.9. The lowest BCUT2D eigenvalue weighted by molar-refractivity contribution is 0.380. The van der Waals surface area contributed by atoms with Gasteiger partial charge in [0.25, 0.3) is 0 Å². The highest BCUT2D eigenvalue weighted by molar-refractivity contribution is 5.58. The molecule has 1 heteroatoms. The van der Waals surface area contributed by atoms with Crippen LogP contribution in [0.2, 0.25) is 0 Å². The van der Waals surface area contributed by atoms with E-state index in [1.807, 2.05) is 0 Å². The summed E-state index contributed by atoms with van der Waals surface area (Å²) >= 11 is 0. The predicted octanol–water partition coefficient (Wildman–Crippen LogP) is 4.36. The van der Waals surface area contributed by atoms with Gasteiger partial charge in [0.15, 0.2) is 0 Å². The average Bonchev–Trinajstić information content (AvgIpc) is 2.39. The summed E-state index contributed by atoms with van der Waals surface area (Å²) in [5.74, 6) is 0. The van der Waals surface area contributed by atoms with Crippen LogP contribution in [0.25, 0.3) is 0 Å². The molecule has 0 atom stereocenters. The van der Waals surface area contributed by atoms with E-state index in [2.05, 4.69) is 81.6 Å². The highest BCUT2D eigenvalue weighted by Crippen LogP contribution is 2.34. The molecule has 1 nitrogen and oxygen atoms in total. The average molecular weight is 226 g/mol. The lowest BCUT2D eigenvalue weighted by atomic mass is 10.1. The molecule has 0 aromatic heterocycles. The monoisotopic (exact) mass is 226 g/mol. The van der Waals surface area contributed by atoms with Crippen LogP contribution >= 0.6 is 0 Å². The van der Waals surface area contributed by atoms with Crippen LogP contribution in [-0.4, -0.2) is 13.1 Å². The Labute approximate surface area is 104 Å². The van der Waals surface area contributed by atoms with E-state index in [-0.39, 0.29) is 0 Å². The SMILES string of the molecule is CC(C)[N+](C)(c1ccccc1)c1ccccc1. The number of hydrogen-bond donors (Lipinski definition) is 0. The van der Waals surface area contributed by atoms with E-state index >= 15 is 0 Å². The van der Waals surface area contributed by atoms with E-state index < -0.39 is 0 Å². The van der Waals surface area contributed by atoms with Crippen molar-refractivity contribution in [1.29, 1.82) is 0 Å². The highest BCUT2D eigenvalue weighted by atomic mass is 15.4. The maximum absolute atomic E-state index is 2.27. The fourth-order valence-corrected chi connectivity index (χ4v) is 2.22. The van der Waals surface area contributed by atoms with Crippen LogP contribution in [0.3, 0.4) is 0 Å². The summed E-state index contributed by atoms with van der Waals surface area (Å²) < 4.78 is 0.835. The maximum atomic E-state index is 2.27. The minimum absolute atomic E-state index is 0.500. The third-order valence-electron chi connectivity index (χ3n) is 3.62. The van der Waals surface area contributed by atoms with Crippen molar-refractivity contribution in [2.75, 3.05) is 7.05 Å². The van der Waals surface area contributed by atoms with Crippen molar-refractivity contribution >= 4 is 11.4 Å². The van der Waals surface area contributed by atoms with Gasteiger partial charge in [-0.05, 0) is 38.1 Å². The van der Waals surface area contributed by atoms with E-state index in [0.29, 0.717) is 6.04 Å². The fourth-order valence-electron chi connectivity index (χ4n) is 2.22. The van der Waals surface area contributed by atoms with Crippen molar-refractivity contribution in [3.05, 3.63) is 60.7 Å². The second-order valence-corrected chi connectivity index (χ2v) is 4.84. The van der Waals surface area contributed by atoms with Crippen LogP contribution in [0.4, 0.5) is 11.4 Å². The zero-order valence-electron chi connectivity index (χ0n) is 10.8. The van der Waals surface area contributed by atoms with Gasteiger partial charge in [-0.15, -0.1) is 0 Å². The molecule has 0 unspecified atom stereocenters. The number of para-hydroxylation sites is 2. The van der Waals surface area contributed by atoms with E-state index in [4.69, 9.17) is 0 Å². The zero-order valence-corrected chi connectivity index (χ0v) is 10.8. The Morgan fingerprint density at radius 3 is 1.35 bits per heavy atom. The molecule has 17 heavy (non-hydrogen) atoms. The number of quaternary nitrogens is 1. The molecule has 0 amide bonds. The molecule has 2 rings (SSSR count). The van der Waals surface area contributed by atoms with Gasteiger partial charge in [0.05, 0.1) is 13.1 Å². The predicted molar refractivity (Wildman–Crippen MR) is 75.4 cm³/mol. The summed E-state index contributed by atoms with van der Waals surface area (Å²) in [5.41, 5.74) is 2.66. The quantitative estimate of drug-likeness (QED) is 0.682. The molecule has 0 spiro atoms. The van der Waals surface area contributed by atoms with Crippen molar-refractivity contribution in [3.63, 3.8) is 0 Å². The van der Waals surface area contributed by atoms with Gasteiger partial charge in [0, 0.05) is 0 Å². The molecule has 0 fully saturated rings. The van der Waals surface area contributed by atoms with Crippen molar-refractivity contribution in [3.8, 4) is 0 Å². The third kappa shape index (κ3) is 2.11. The van der Waals surface area contributed by atoms with E-state index in [1.54, 1.807) is 0 Å². The standard InChI is InChI=1S/C16H20N/c1-14(2)17(3,15-10-6-4-7-11-15)16-12-8-5-9-13-16/h4-14H,1-3H3/q+1. The normalized spacial score (nSPS) is 11.8. The first-order chi connectivity index (χ1) is 8.15. The minimum atomic E-state index is 0.500. The summed E-state index contributed by atoms with van der Waals surface area (Å²) in [7, 11) is 2.27. The number of benzene rings is 2. The van der Waals surface area contributed by atoms with Crippen molar-refractivity contribution in [2.24, 2.45) is 0 Å². The molecule has 0 heterocycles. The van der Waals surface area contributed by atoms with Gasteiger partial charge in [0.1, 0.15) is 11.4 Å². The van der Waals surface area contributed by atoms with E-state index in [9.17, 15) is 0 Å². The Morgan fingerprint density at radius 2 is 1.06 bits per heavy atom. The molecule has 0 aliphatic heterocycles. The van der Waals surface area contributed by atoms with Gasteiger partial charge < -0.3 is 0 Å². The molecule has 0 saturated heterocycles. The van der Waals surface area contributed by atoms with Crippen LogP contribution in [0, 0.1) is 0 Å². The maximum Gasteiger partial charge on any atom is 0.137 e. The van der Waals surface area contributed by atoms with Crippen molar-refractivity contribution in [2.45, 2.75) is 19.9 Å². The van der Waals surface area contributed by atoms with Gasteiger partial charge in [0.2, 0.25) is 0 Å². The fraction of sp³-hybridized carbons (Fsp3) is 0.250. The smallest absolute Gasteiger partial charge is 0.137 e. The van der Waals surface area contributed by atoms with Crippen LogP contribution in [-0.2, 0) is 0 Å². The van der Waals surface area contributed by atoms with Crippen molar-refractivity contribution in [1.82, 2.24) is 4.48 Å². The number of nitrogens with zero attached hydrogens (tertiary/aromatic N) is 1. The lowest BCUT2D eigenvalue weighted by Crippen LogP contribution is -2.45. The molecule has 2 aromatic rings. The Morgan fingerprint density at radius 1 is 0.706 bits per heavy atom. The summed E-state index contributed by atoms with van der Waals surface area (Å²) in [4.78, 5) is 0. The minimum Gasteiger partial charge on any atom is -0.259 e. The summed E-state index contributed by atoms with van der Waals surface area (Å²) in [6, 6.07) is 21.9. The van der Waals surface area contributed by atoms with E-state index in [1.165, 1.54) is 11.4 Å². The summed E-state index contributed by atoms with van der Waals surface area (Å²) in [6.45, 7) is 4.53. The van der Waals surface area contributed by atoms with Crippen LogP contribution in [0.1, 0.15) is 13.8 Å². The van der Waals surface area contributed by atoms with Gasteiger partial charge in [-0.2, -0.15) is 0 Å². The van der Waals surface area contributed by atoms with Crippen LogP contribution in [0.5, 0.6) is 0 Å². The largest absolute Gasteiger partial charge is 0.259 e. The second kappa shape index (κ2) is 4.72. The molecular formula is C16H20N+. The summed E-state index contributed by atoms with van der Waals surface area (Å²) in [5, 5.41) is 0. The zero-order chi connectivity index (χ0) is 12.3. The molecule has 2 aromatic carbocycles. The highest BCUT2D eigenvalue weighted by Gasteiger charge is 2.31. The summed E-state index contributed by atoms with van der Waals surface area (Å²) in [6.07, 6.45) is 0. The molecule has 0 bridgehead atoms. The first-order valence-corrected chi connectivity index (χ1v) is 6.13. The van der Waals surface area contributed by atoms with Gasteiger partial charge in [-0.3, -0.25) is 4.48 Å². The topological polar surface area (TPSA) is 0 Å². The number of rotatable bonds is 3. The Hall–Kier alpha value is -1.60. The van der Waals surface area contributed by atoms with Gasteiger partial charge >= 0.3 is 0 Å². The second-order valence-electron chi connectivity index (χ2n) is 4.84. The van der Waals surface area contributed by atoms with Crippen LogP contribution < -0.4 is 4.48 Å². The number of hydrogen-bond acceptors (Lipinski definition) is 0. The molecule has 0 radical (unpaired) electrons. The molecule has 88 valence electrons. The molecule has 0 aliphatic rings. The van der Waals surface area contributed by atoms with Crippen molar-refractivity contribution < 1.29 is 0 Å². The molecule has 0 aliphatic carbocycles. The molecule has 0 N–H and O–H groups in total. The first-order valence-electron chi connectivity index (χ1n) is 6.13. The molecular weight excluding hydrogens is 206 g/mol. The van der Waals surface area contributed by atoms with Crippen LogP contribution in [0.15, 0.2) is 60.7 Å². The van der Waals surface area contributed by atoms with Gasteiger partial charge in [-0.1, -0.05) is 36.4 Å². The van der Waals surface area contributed by atoms with E-state index in [0.717, 1.165) is 4.48 Å². The third-order valence-corrected chi connectivity index (χ3v) is 3.62. The Bertz CT molecular complexity index is 420. The lowest BCUT2D eigenvalue weighted by Gasteiger charge is -2.37. The Kier molecular flexibility index (Phi) is 3.30. The Balaban J connectivity index is 2.55. The van der Waals surface area contributed by atoms with Gasteiger partial charge in [-0.25, -0.2) is 0 Å². The molecule has 0 saturated carbocycles.